The zero-order chi connectivity index (χ0) is 19.1. The number of carbonyl (C=O) groups is 1. The first-order valence-corrected chi connectivity index (χ1v) is 8.68. The molecule has 3 rings (SSSR count). The lowest BCUT2D eigenvalue weighted by atomic mass is 10.2. The Morgan fingerprint density at radius 2 is 2.08 bits per heavy atom. The molecule has 1 fully saturated rings. The number of nitrogens with zero attached hydrogens (tertiary/aromatic N) is 4. The summed E-state index contributed by atoms with van der Waals surface area (Å²) in [4.78, 5) is 12.1. The second kappa shape index (κ2) is 6.94. The molecule has 2 aromatic rings. The molecule has 0 saturated heterocycles. The highest BCUT2D eigenvalue weighted by atomic mass is 35.5. The molecule has 0 aliphatic heterocycles. The van der Waals surface area contributed by atoms with Crippen LogP contribution in [0.4, 0.5) is 13.2 Å². The van der Waals surface area contributed by atoms with Gasteiger partial charge in [-0.1, -0.05) is 11.6 Å². The van der Waals surface area contributed by atoms with Gasteiger partial charge in [0.25, 0.3) is 5.91 Å². The third-order valence-corrected chi connectivity index (χ3v) is 4.86. The molecule has 26 heavy (non-hydrogen) atoms. The number of alkyl halides is 3. The lowest BCUT2D eigenvalue weighted by Gasteiger charge is -2.07. The maximum absolute atomic E-state index is 12.9. The lowest BCUT2D eigenvalue weighted by molar-refractivity contribution is -0.141. The van der Waals surface area contributed by atoms with Crippen molar-refractivity contribution in [2.45, 2.75) is 44.8 Å². The molecule has 1 aliphatic carbocycles. The molecule has 1 N–H and O–H groups in total. The van der Waals surface area contributed by atoms with Crippen molar-refractivity contribution < 1.29 is 18.0 Å². The Labute approximate surface area is 153 Å². The first-order chi connectivity index (χ1) is 12.2. The van der Waals surface area contributed by atoms with E-state index < -0.39 is 17.8 Å². The monoisotopic (exact) mass is 389 g/mol. The average Bonchev–Trinajstić information content (AvgIpc) is 3.27. The summed E-state index contributed by atoms with van der Waals surface area (Å²) in [6, 6.07) is 1.13. The third-order valence-electron chi connectivity index (χ3n) is 4.41. The molecule has 0 aromatic carbocycles. The van der Waals surface area contributed by atoms with Crippen LogP contribution < -0.4 is 5.32 Å². The fourth-order valence-electron chi connectivity index (χ4n) is 2.70. The van der Waals surface area contributed by atoms with Gasteiger partial charge < -0.3 is 5.32 Å². The summed E-state index contributed by atoms with van der Waals surface area (Å²) < 4.78 is 41.5. The van der Waals surface area contributed by atoms with E-state index in [9.17, 15) is 18.0 Å². The second-order valence-corrected chi connectivity index (χ2v) is 6.81. The van der Waals surface area contributed by atoms with Crippen molar-refractivity contribution in [1.29, 1.82) is 0 Å². The van der Waals surface area contributed by atoms with Crippen molar-refractivity contribution in [3.8, 4) is 0 Å². The molecule has 0 atom stereocenters. The standard InChI is InChI=1S/C16H19ClF3N5O/c1-9-13(17)14(23-24(9)2)15(26)21-6-3-7-25-11(10-4-5-10)8-12(22-25)16(18,19)20/h8,10H,3-7H2,1-2H3,(H,21,26). The maximum Gasteiger partial charge on any atom is 0.435 e. The SMILES string of the molecule is Cc1c(Cl)c(C(=O)NCCCn2nc(C(F)(F)F)cc2C2CC2)nn1C. The van der Waals surface area contributed by atoms with Crippen LogP contribution in [0.5, 0.6) is 0 Å². The average molecular weight is 390 g/mol. The molecule has 0 radical (unpaired) electrons. The van der Waals surface area contributed by atoms with E-state index in [-0.39, 0.29) is 18.2 Å². The van der Waals surface area contributed by atoms with Gasteiger partial charge in [0.15, 0.2) is 11.4 Å². The second-order valence-electron chi connectivity index (χ2n) is 6.43. The van der Waals surface area contributed by atoms with Gasteiger partial charge in [0.2, 0.25) is 0 Å². The largest absolute Gasteiger partial charge is 0.435 e. The third kappa shape index (κ3) is 3.87. The van der Waals surface area contributed by atoms with Gasteiger partial charge in [-0.2, -0.15) is 23.4 Å². The minimum Gasteiger partial charge on any atom is -0.351 e. The minimum atomic E-state index is -4.45. The van der Waals surface area contributed by atoms with Crippen LogP contribution in [0.25, 0.3) is 0 Å². The Hall–Kier alpha value is -2.03. The summed E-state index contributed by atoms with van der Waals surface area (Å²) in [6.07, 6.45) is -2.22. The molecule has 0 spiro atoms. The van der Waals surface area contributed by atoms with Crippen LogP contribution in [-0.2, 0) is 19.8 Å². The van der Waals surface area contributed by atoms with Crippen LogP contribution >= 0.6 is 11.6 Å². The number of aromatic nitrogens is 4. The molecule has 10 heteroatoms. The van der Waals surface area contributed by atoms with Crippen LogP contribution in [-0.4, -0.2) is 32.0 Å². The summed E-state index contributed by atoms with van der Waals surface area (Å²) in [5, 5.41) is 10.7. The van der Waals surface area contributed by atoms with E-state index in [2.05, 4.69) is 15.5 Å². The van der Waals surface area contributed by atoms with E-state index in [0.717, 1.165) is 18.9 Å². The lowest BCUT2D eigenvalue weighted by Crippen LogP contribution is -2.26. The number of amides is 1. The van der Waals surface area contributed by atoms with Crippen molar-refractivity contribution >= 4 is 17.5 Å². The van der Waals surface area contributed by atoms with Gasteiger partial charge in [0.05, 0.1) is 10.7 Å². The molecule has 1 saturated carbocycles. The van der Waals surface area contributed by atoms with Crippen LogP contribution in [0.1, 0.15) is 52.8 Å². The molecular formula is C16H19ClF3N5O. The molecule has 6 nitrogen and oxygen atoms in total. The number of rotatable bonds is 6. The number of nitrogens with one attached hydrogen (secondary N) is 1. The summed E-state index contributed by atoms with van der Waals surface area (Å²) in [7, 11) is 1.69. The smallest absolute Gasteiger partial charge is 0.351 e. The van der Waals surface area contributed by atoms with Crippen LogP contribution in [0, 0.1) is 6.92 Å². The highest BCUT2D eigenvalue weighted by Crippen LogP contribution is 2.42. The van der Waals surface area contributed by atoms with Crippen molar-refractivity contribution in [2.75, 3.05) is 6.54 Å². The molecule has 2 heterocycles. The van der Waals surface area contributed by atoms with Gasteiger partial charge >= 0.3 is 6.18 Å². The van der Waals surface area contributed by atoms with E-state index in [1.54, 1.807) is 14.0 Å². The highest BCUT2D eigenvalue weighted by molar-refractivity contribution is 6.34. The summed E-state index contributed by atoms with van der Waals surface area (Å²) in [6.45, 7) is 2.34. The van der Waals surface area contributed by atoms with Crippen molar-refractivity contribution in [1.82, 2.24) is 24.9 Å². The van der Waals surface area contributed by atoms with Gasteiger partial charge in [-0.25, -0.2) is 0 Å². The normalized spacial score (nSPS) is 14.7. The molecular weight excluding hydrogens is 371 g/mol. The summed E-state index contributed by atoms with van der Waals surface area (Å²) in [5.41, 5.74) is 0.581. The van der Waals surface area contributed by atoms with Gasteiger partial charge in [-0.15, -0.1) is 0 Å². The van der Waals surface area contributed by atoms with Gasteiger partial charge in [-0.3, -0.25) is 14.2 Å². The number of hydrogen-bond acceptors (Lipinski definition) is 3. The van der Waals surface area contributed by atoms with Gasteiger partial charge in [-0.05, 0) is 32.3 Å². The first-order valence-electron chi connectivity index (χ1n) is 8.30. The predicted molar refractivity (Wildman–Crippen MR) is 89.1 cm³/mol. The van der Waals surface area contributed by atoms with E-state index in [1.165, 1.54) is 9.36 Å². The number of carbonyl (C=O) groups excluding carboxylic acids is 1. The highest BCUT2D eigenvalue weighted by Gasteiger charge is 2.37. The Balaban J connectivity index is 1.57. The topological polar surface area (TPSA) is 64.7 Å². The van der Waals surface area contributed by atoms with E-state index in [1.807, 2.05) is 0 Å². The van der Waals surface area contributed by atoms with Crippen molar-refractivity contribution in [3.63, 3.8) is 0 Å². The fraction of sp³-hybridized carbons (Fsp3) is 0.562. The Morgan fingerprint density at radius 1 is 1.38 bits per heavy atom. The Morgan fingerprint density at radius 3 is 2.62 bits per heavy atom. The molecule has 0 bridgehead atoms. The molecule has 2 aromatic heterocycles. The molecule has 0 unspecified atom stereocenters. The van der Waals surface area contributed by atoms with E-state index >= 15 is 0 Å². The minimum absolute atomic E-state index is 0.142. The zero-order valence-electron chi connectivity index (χ0n) is 14.4. The number of hydrogen-bond donors (Lipinski definition) is 1. The zero-order valence-corrected chi connectivity index (χ0v) is 15.2. The molecule has 1 aliphatic rings. The molecule has 142 valence electrons. The molecule has 1 amide bonds. The predicted octanol–water partition coefficient (Wildman–Crippen LogP) is 3.29. The van der Waals surface area contributed by atoms with Crippen LogP contribution in [0.2, 0.25) is 5.02 Å². The van der Waals surface area contributed by atoms with Crippen LogP contribution in [0.15, 0.2) is 6.07 Å². The fourth-order valence-corrected chi connectivity index (χ4v) is 2.94. The summed E-state index contributed by atoms with van der Waals surface area (Å²) in [5.74, 6) is -0.249. The van der Waals surface area contributed by atoms with Gasteiger partial charge in [0.1, 0.15) is 0 Å². The number of aryl methyl sites for hydroxylation is 2. The summed E-state index contributed by atoms with van der Waals surface area (Å²) >= 11 is 6.06. The van der Waals surface area contributed by atoms with Gasteiger partial charge in [0, 0.05) is 31.7 Å². The van der Waals surface area contributed by atoms with E-state index in [0.29, 0.717) is 29.4 Å². The van der Waals surface area contributed by atoms with Crippen molar-refractivity contribution in [3.05, 3.63) is 33.9 Å². The quantitative estimate of drug-likeness (QED) is 0.771. The van der Waals surface area contributed by atoms with Crippen LogP contribution in [0.3, 0.4) is 0 Å². The Bertz CT molecular complexity index is 823. The first kappa shape index (κ1) is 18.8. The van der Waals surface area contributed by atoms with E-state index in [4.69, 9.17) is 11.6 Å². The number of halogens is 4. The maximum atomic E-state index is 12.9. The Kier molecular flexibility index (Phi) is 5.01. The van der Waals surface area contributed by atoms with Crippen molar-refractivity contribution in [2.24, 2.45) is 7.05 Å².